The van der Waals surface area contributed by atoms with Gasteiger partial charge in [-0.05, 0) is 52.4 Å². The fraction of sp³-hybridized carbons (Fsp3) is 0.395. The first-order valence-electron chi connectivity index (χ1n) is 17.5. The van der Waals surface area contributed by atoms with Gasteiger partial charge in [-0.1, -0.05) is 147 Å². The fourth-order valence-corrected chi connectivity index (χ4v) is 7.56. The Morgan fingerprint density at radius 2 is 0.840 bits per heavy atom. The summed E-state index contributed by atoms with van der Waals surface area (Å²) in [7, 11) is 1.25. The van der Waals surface area contributed by atoms with E-state index in [2.05, 4.69) is 181 Å². The summed E-state index contributed by atoms with van der Waals surface area (Å²) in [6.07, 6.45) is 2.19. The van der Waals surface area contributed by atoms with Crippen LogP contribution < -0.4 is 0 Å². The van der Waals surface area contributed by atoms with E-state index >= 15 is 0 Å². The Bertz CT molecular complexity index is 1610. The van der Waals surface area contributed by atoms with Crippen LogP contribution in [0.1, 0.15) is 91.5 Å². The molecule has 0 aromatic heterocycles. The van der Waals surface area contributed by atoms with E-state index in [1.165, 1.54) is 33.2 Å². The van der Waals surface area contributed by atoms with Crippen molar-refractivity contribution in [2.24, 2.45) is 21.8 Å². The molecule has 0 saturated carbocycles. The number of nitrogens with zero attached hydrogens (tertiary/aromatic N) is 2. The van der Waals surface area contributed by atoms with Crippen molar-refractivity contribution in [2.75, 3.05) is 0 Å². The van der Waals surface area contributed by atoms with Crippen molar-refractivity contribution in [1.82, 2.24) is 0 Å². The van der Waals surface area contributed by atoms with E-state index in [-0.39, 0.29) is 12.1 Å². The minimum absolute atomic E-state index is 0.0899. The fourth-order valence-electron chi connectivity index (χ4n) is 7.56. The Morgan fingerprint density at radius 1 is 0.560 bits per heavy atom. The molecule has 0 unspecified atom stereocenters. The normalized spacial score (nSPS) is 19.0. The molecule has 0 saturated heterocycles. The molecule has 0 amide bonds. The maximum absolute atomic E-state index is 7.23. The Morgan fingerprint density at radius 3 is 1.08 bits per heavy atom. The van der Waals surface area contributed by atoms with Gasteiger partial charge in [0.05, 0.1) is 6.42 Å². The zero-order valence-corrected chi connectivity index (χ0v) is 34.6. The molecule has 4 nitrogen and oxygen atoms in total. The van der Waals surface area contributed by atoms with Crippen LogP contribution in [-0.2, 0) is 31.6 Å². The van der Waals surface area contributed by atoms with Crippen molar-refractivity contribution < 1.29 is 20.4 Å². The number of hydrogen-bond donors (Lipinski definition) is 0. The molecular weight excluding hydrogens is 795 g/mol. The van der Waals surface area contributed by atoms with Gasteiger partial charge < -0.3 is 9.47 Å². The van der Waals surface area contributed by atoms with Crippen molar-refractivity contribution in [2.45, 2.75) is 97.9 Å². The molecular formula is C43H50Br2N2NiO2. The first kappa shape index (κ1) is 38.5. The third kappa shape index (κ3) is 8.32. The quantitative estimate of drug-likeness (QED) is 0.149. The van der Waals surface area contributed by atoms with Crippen molar-refractivity contribution >= 4 is 40.2 Å². The predicted molar refractivity (Wildman–Crippen MR) is 212 cm³/mol. The van der Waals surface area contributed by atoms with Gasteiger partial charge in [-0.25, -0.2) is 9.98 Å². The molecule has 0 aliphatic carbocycles. The summed E-state index contributed by atoms with van der Waals surface area (Å²) in [4.78, 5) is 10.8. The van der Waals surface area contributed by atoms with Crippen LogP contribution in [0.15, 0.2) is 107 Å². The van der Waals surface area contributed by atoms with E-state index in [0.29, 0.717) is 30.1 Å². The molecule has 2 aliphatic heterocycles. The van der Waals surface area contributed by atoms with Gasteiger partial charge in [-0.15, -0.1) is 0 Å². The van der Waals surface area contributed by atoms with Crippen LogP contribution in [0.5, 0.6) is 0 Å². The Hall–Kier alpha value is -2.73. The molecule has 0 radical (unpaired) electrons. The van der Waals surface area contributed by atoms with Crippen LogP contribution in [0, 0.1) is 39.5 Å². The first-order valence-corrected chi connectivity index (χ1v) is 22.4. The molecule has 4 aromatic carbocycles. The van der Waals surface area contributed by atoms with E-state index in [0.717, 1.165) is 35.1 Å². The molecule has 0 fully saturated rings. The van der Waals surface area contributed by atoms with Crippen molar-refractivity contribution in [3.8, 4) is 0 Å². The molecule has 0 spiro atoms. The number of aliphatic imine (C=N–C) groups is 2. The van der Waals surface area contributed by atoms with Crippen LogP contribution in [0.2, 0.25) is 0 Å². The number of aryl methyl sites for hydroxylation is 4. The van der Waals surface area contributed by atoms with Crippen LogP contribution in [-0.4, -0.2) is 23.9 Å². The molecule has 268 valence electrons. The van der Waals surface area contributed by atoms with Gasteiger partial charge in [0, 0.05) is 22.3 Å². The van der Waals surface area contributed by atoms with E-state index in [4.69, 9.17) is 19.5 Å². The van der Waals surface area contributed by atoms with Crippen molar-refractivity contribution in [3.05, 3.63) is 142 Å². The summed E-state index contributed by atoms with van der Waals surface area (Å²) in [6.45, 7) is 17.7. The second-order valence-electron chi connectivity index (χ2n) is 14.7. The van der Waals surface area contributed by atoms with Crippen LogP contribution in [0.3, 0.4) is 0 Å². The Labute approximate surface area is 320 Å². The molecule has 2 atom stereocenters. The van der Waals surface area contributed by atoms with Crippen molar-refractivity contribution in [1.29, 1.82) is 0 Å². The number of benzene rings is 4. The van der Waals surface area contributed by atoms with E-state index in [1.807, 2.05) is 0 Å². The number of hydrogen-bond acceptors (Lipinski definition) is 4. The van der Waals surface area contributed by atoms with E-state index < -0.39 is 11.2 Å². The number of rotatable bonds is 10. The van der Waals surface area contributed by atoms with Gasteiger partial charge in [-0.3, -0.25) is 0 Å². The zero-order valence-electron chi connectivity index (χ0n) is 30.5. The van der Waals surface area contributed by atoms with Gasteiger partial charge in [0.2, 0.25) is 0 Å². The second-order valence-corrected chi connectivity index (χ2v) is 19.7. The monoisotopic (exact) mass is 842 g/mol. The van der Waals surface area contributed by atoms with Gasteiger partial charge in [0.25, 0.3) is 0 Å². The van der Waals surface area contributed by atoms with Gasteiger partial charge in [0.15, 0.2) is 23.0 Å². The van der Waals surface area contributed by atoms with Gasteiger partial charge in [-0.2, -0.15) is 0 Å². The molecule has 0 N–H and O–H groups in total. The summed E-state index contributed by atoms with van der Waals surface area (Å²) < 4.78 is 14.5. The molecule has 2 aliphatic rings. The molecule has 6 rings (SSSR count). The van der Waals surface area contributed by atoms with Crippen LogP contribution in [0.4, 0.5) is 0 Å². The van der Waals surface area contributed by atoms with Crippen LogP contribution >= 0.6 is 28.5 Å². The Balaban J connectivity index is 0.00000156. The zero-order chi connectivity index (χ0) is 36.1. The maximum atomic E-state index is 7.23. The molecule has 0 bridgehead atoms. The summed E-state index contributed by atoms with van der Waals surface area (Å²) in [5, 5.41) is 0. The minimum atomic E-state index is -0.738. The number of halogens is 2. The average molecular weight is 845 g/mol. The topological polar surface area (TPSA) is 43.2 Å². The molecule has 7 heteroatoms. The number of ether oxygens (including phenoxy) is 2. The molecule has 50 heavy (non-hydrogen) atoms. The van der Waals surface area contributed by atoms with Crippen LogP contribution in [0.25, 0.3) is 0 Å². The predicted octanol–water partition coefficient (Wildman–Crippen LogP) is 11.9. The first-order chi connectivity index (χ1) is 23.9. The third-order valence-corrected chi connectivity index (χ3v) is 9.58. The van der Waals surface area contributed by atoms with E-state index in [1.54, 1.807) is 0 Å². The third-order valence-electron chi connectivity index (χ3n) is 9.58. The summed E-state index contributed by atoms with van der Waals surface area (Å²) in [5.74, 6) is 2.24. The molecule has 2 heterocycles. The standard InChI is InChI=1S/C43H50N2O2.2BrH.Ni/c1-28(2)21-38-42(34-17-9-13-30(5)23-34,35-18-10-14-31(6)24-35)46-40(44-38)27-41-45-39(22-29(3)4)43(47-41,36-19-11-15-32(7)25-36)37-20-12-16-33(8)26-37;;;/h9-20,23-26,28-29,38-39H,21-22,27H2,1-8H3;2*1H;/q;;;+2/p-2/t38-,39-;;;/m1.../s1. The summed E-state index contributed by atoms with van der Waals surface area (Å²) in [6, 6.07) is 34.8. The average Bonchev–Trinajstić information content (AvgIpc) is 3.59. The molecule has 4 aromatic rings. The second kappa shape index (κ2) is 16.7. The van der Waals surface area contributed by atoms with Crippen molar-refractivity contribution in [3.63, 3.8) is 0 Å². The Kier molecular flexibility index (Phi) is 12.9. The summed E-state index contributed by atoms with van der Waals surface area (Å²) >= 11 is 6.00. The van der Waals surface area contributed by atoms with Gasteiger partial charge >= 0.3 is 39.3 Å². The van der Waals surface area contributed by atoms with E-state index in [9.17, 15) is 0 Å². The SMILES string of the molecule is Cc1cccc(C2(c3cccc(C)c3)OC(CC3=N[C@H](CC(C)C)C(c4cccc(C)c4)(c4cccc(C)c4)O3)=N[C@@H]2CC(C)C)c1.[Br][Ni][Br]. The summed E-state index contributed by atoms with van der Waals surface area (Å²) in [5.41, 5.74) is 7.87. The van der Waals surface area contributed by atoms with Gasteiger partial charge in [0.1, 0.15) is 12.1 Å².